The smallest absolute Gasteiger partial charge is 0.472 e. The van der Waals surface area contributed by atoms with E-state index in [0.717, 1.165) is 51.4 Å². The highest BCUT2D eigenvalue weighted by atomic mass is 31.2. The van der Waals surface area contributed by atoms with Crippen LogP contribution in [0.4, 0.5) is 0 Å². The molecule has 282 valence electrons. The van der Waals surface area contributed by atoms with Gasteiger partial charge in [0.1, 0.15) is 6.61 Å². The Bertz CT molecular complexity index is 833. The van der Waals surface area contributed by atoms with Crippen LogP contribution in [0.25, 0.3) is 0 Å². The Morgan fingerprint density at radius 3 is 1.56 bits per heavy atom. The summed E-state index contributed by atoms with van der Waals surface area (Å²) in [4.78, 5) is 22.3. The predicted molar refractivity (Wildman–Crippen MR) is 201 cm³/mol. The number of carbonyl (C=O) groups is 1. The molecule has 0 spiro atoms. The van der Waals surface area contributed by atoms with Crippen LogP contribution in [0.1, 0.15) is 174 Å². The zero-order chi connectivity index (χ0) is 35.2. The van der Waals surface area contributed by atoms with E-state index in [4.69, 9.17) is 24.3 Å². The molecule has 3 N–H and O–H groups in total. The number of phosphoric acid groups is 1. The zero-order valence-electron chi connectivity index (χ0n) is 31.0. The van der Waals surface area contributed by atoms with E-state index in [1.165, 1.54) is 103 Å². The Kier molecular flexibility index (Phi) is 35.7. The molecule has 0 amide bonds. The van der Waals surface area contributed by atoms with Crippen LogP contribution in [-0.4, -0.2) is 43.3 Å². The van der Waals surface area contributed by atoms with Gasteiger partial charge in [0.2, 0.25) is 0 Å². The predicted octanol–water partition coefficient (Wildman–Crippen LogP) is 11.4. The van der Waals surface area contributed by atoms with E-state index < -0.39 is 13.9 Å². The fourth-order valence-electron chi connectivity index (χ4n) is 5.19. The molecule has 0 aliphatic rings. The van der Waals surface area contributed by atoms with Gasteiger partial charge in [-0.05, 0) is 76.7 Å². The summed E-state index contributed by atoms with van der Waals surface area (Å²) < 4.78 is 33.0. The minimum Gasteiger partial charge on any atom is -0.498 e. The molecule has 0 heterocycles. The summed E-state index contributed by atoms with van der Waals surface area (Å²) >= 11 is 0. The second-order valence-corrected chi connectivity index (χ2v) is 14.3. The van der Waals surface area contributed by atoms with E-state index in [1.54, 1.807) is 6.26 Å². The molecule has 0 radical (unpaired) electrons. The topological polar surface area (TPSA) is 117 Å². The number of ether oxygens (including phenoxy) is 2. The maximum Gasteiger partial charge on any atom is 0.472 e. The van der Waals surface area contributed by atoms with E-state index >= 15 is 0 Å². The van der Waals surface area contributed by atoms with Gasteiger partial charge in [0, 0.05) is 13.0 Å². The maximum absolute atomic E-state index is 12.5. The lowest BCUT2D eigenvalue weighted by molar-refractivity contribution is -0.153. The lowest BCUT2D eigenvalue weighted by Crippen LogP contribution is -2.27. The minimum atomic E-state index is -4.29. The van der Waals surface area contributed by atoms with Crippen LogP contribution in [0.2, 0.25) is 0 Å². The van der Waals surface area contributed by atoms with E-state index in [0.29, 0.717) is 6.42 Å². The van der Waals surface area contributed by atoms with Crippen molar-refractivity contribution in [3.05, 3.63) is 36.6 Å². The Labute approximate surface area is 295 Å². The van der Waals surface area contributed by atoms with Crippen molar-refractivity contribution in [3.8, 4) is 0 Å². The summed E-state index contributed by atoms with van der Waals surface area (Å²) in [5, 5.41) is 0. The van der Waals surface area contributed by atoms with Crippen LogP contribution in [0.3, 0.4) is 0 Å². The summed E-state index contributed by atoms with van der Waals surface area (Å²) in [6.45, 7) is 4.19. The molecule has 0 saturated carbocycles. The summed E-state index contributed by atoms with van der Waals surface area (Å²) in [5.41, 5.74) is 5.35. The van der Waals surface area contributed by atoms with E-state index in [2.05, 4.69) is 38.2 Å². The van der Waals surface area contributed by atoms with E-state index in [1.807, 2.05) is 6.08 Å². The number of phosphoric ester groups is 1. The zero-order valence-corrected chi connectivity index (χ0v) is 31.9. The number of carbonyl (C=O) groups excluding carboxylic acids is 1. The average molecular weight is 700 g/mol. The van der Waals surface area contributed by atoms with Crippen molar-refractivity contribution < 1.29 is 32.8 Å². The third-order valence-electron chi connectivity index (χ3n) is 8.09. The lowest BCUT2D eigenvalue weighted by Gasteiger charge is -2.19. The number of esters is 1. The fraction of sp³-hybridized carbons (Fsp3) is 0.821. The van der Waals surface area contributed by atoms with Crippen molar-refractivity contribution in [2.75, 3.05) is 26.4 Å². The number of allylic oxidation sites excluding steroid dienone is 5. The quantitative estimate of drug-likeness (QED) is 0.0216. The SMILES string of the molecule is CCCCCCC=CCCCCCCCC(=O)O[C@H](COC=CCCCCCCC=CCCCCCCCC)COP(=O)(O)OCCN. The molecule has 2 atom stereocenters. The molecule has 0 bridgehead atoms. The molecule has 0 aromatic rings. The van der Waals surface area contributed by atoms with Gasteiger partial charge >= 0.3 is 13.8 Å². The summed E-state index contributed by atoms with van der Waals surface area (Å²) in [7, 11) is -4.29. The van der Waals surface area contributed by atoms with Crippen LogP contribution < -0.4 is 5.73 Å². The van der Waals surface area contributed by atoms with Gasteiger partial charge in [0.05, 0.1) is 19.5 Å². The highest BCUT2D eigenvalue weighted by molar-refractivity contribution is 7.47. The molecular formula is C39H74NO7P. The second-order valence-electron chi connectivity index (χ2n) is 12.8. The van der Waals surface area contributed by atoms with Gasteiger partial charge in [0.25, 0.3) is 0 Å². The molecule has 48 heavy (non-hydrogen) atoms. The summed E-state index contributed by atoms with van der Waals surface area (Å²) in [6, 6.07) is 0. The molecular weight excluding hydrogens is 625 g/mol. The van der Waals surface area contributed by atoms with Crippen molar-refractivity contribution in [1.29, 1.82) is 0 Å². The number of rotatable bonds is 37. The van der Waals surface area contributed by atoms with Crippen molar-refractivity contribution >= 4 is 13.8 Å². The number of unbranched alkanes of at least 4 members (excludes halogenated alkanes) is 20. The Morgan fingerprint density at radius 2 is 1.06 bits per heavy atom. The largest absolute Gasteiger partial charge is 0.498 e. The number of nitrogens with two attached hydrogens (primary N) is 1. The molecule has 0 rings (SSSR count). The molecule has 0 aliphatic heterocycles. The third kappa shape index (κ3) is 35.9. The van der Waals surface area contributed by atoms with Crippen LogP contribution >= 0.6 is 7.82 Å². The summed E-state index contributed by atoms with van der Waals surface area (Å²) in [6.07, 6.45) is 41.0. The van der Waals surface area contributed by atoms with Gasteiger partial charge in [-0.1, -0.05) is 122 Å². The van der Waals surface area contributed by atoms with E-state index in [9.17, 15) is 14.3 Å². The van der Waals surface area contributed by atoms with Gasteiger partial charge in [-0.15, -0.1) is 0 Å². The third-order valence-corrected chi connectivity index (χ3v) is 9.08. The first-order valence-electron chi connectivity index (χ1n) is 19.5. The van der Waals surface area contributed by atoms with Crippen LogP contribution in [0.15, 0.2) is 36.6 Å². The first-order chi connectivity index (χ1) is 23.4. The summed E-state index contributed by atoms with van der Waals surface area (Å²) in [5.74, 6) is -0.366. The molecule has 0 aromatic carbocycles. The Balaban J connectivity index is 4.16. The van der Waals surface area contributed by atoms with Gasteiger partial charge in [-0.25, -0.2) is 4.57 Å². The van der Waals surface area contributed by atoms with Gasteiger partial charge in [-0.2, -0.15) is 0 Å². The average Bonchev–Trinajstić information content (AvgIpc) is 3.07. The molecule has 9 heteroatoms. The van der Waals surface area contributed by atoms with Gasteiger partial charge in [0.15, 0.2) is 6.10 Å². The Hall–Kier alpha value is -1.44. The van der Waals surface area contributed by atoms with E-state index in [-0.39, 0.29) is 32.3 Å². The molecule has 0 aromatic heterocycles. The molecule has 0 fully saturated rings. The van der Waals surface area contributed by atoms with Crippen molar-refractivity contribution in [3.63, 3.8) is 0 Å². The standard InChI is InChI=1S/C39H74NO7P/c1-3-5-7-9-11-13-15-17-18-19-21-23-25-27-29-31-34-44-36-38(37-46-48(42,43)45-35-33-40)47-39(41)32-30-28-26-24-22-20-16-14-12-10-8-6-4-2/h14,16-18,31,34,38H,3-13,15,19-30,32-33,35-37,40H2,1-2H3,(H,42,43)/t38-/m1/s1. The number of hydrogen-bond donors (Lipinski definition) is 2. The highest BCUT2D eigenvalue weighted by Crippen LogP contribution is 2.43. The van der Waals surface area contributed by atoms with Crippen LogP contribution in [-0.2, 0) is 27.9 Å². The van der Waals surface area contributed by atoms with Crippen molar-refractivity contribution in [2.45, 2.75) is 180 Å². The maximum atomic E-state index is 12.5. The van der Waals surface area contributed by atoms with Crippen LogP contribution in [0.5, 0.6) is 0 Å². The van der Waals surface area contributed by atoms with Crippen molar-refractivity contribution in [2.24, 2.45) is 5.73 Å². The molecule has 1 unspecified atom stereocenters. The highest BCUT2D eigenvalue weighted by Gasteiger charge is 2.25. The van der Waals surface area contributed by atoms with Crippen LogP contribution in [0, 0.1) is 0 Å². The first kappa shape index (κ1) is 46.6. The molecule has 0 saturated heterocycles. The van der Waals surface area contributed by atoms with Crippen molar-refractivity contribution in [1.82, 2.24) is 0 Å². The fourth-order valence-corrected chi connectivity index (χ4v) is 5.95. The number of hydrogen-bond acceptors (Lipinski definition) is 7. The Morgan fingerprint density at radius 1 is 0.625 bits per heavy atom. The first-order valence-corrected chi connectivity index (χ1v) is 21.0. The second kappa shape index (κ2) is 36.8. The van der Waals surface area contributed by atoms with Gasteiger partial charge < -0.3 is 20.1 Å². The van der Waals surface area contributed by atoms with Gasteiger partial charge in [-0.3, -0.25) is 13.8 Å². The minimum absolute atomic E-state index is 0.0241. The molecule has 8 nitrogen and oxygen atoms in total. The monoisotopic (exact) mass is 700 g/mol. The lowest BCUT2D eigenvalue weighted by atomic mass is 10.1. The normalized spacial score (nSPS) is 13.9. The molecule has 0 aliphatic carbocycles.